The molecule has 0 spiro atoms. The Hall–Kier alpha value is -2.10. The van der Waals surface area contributed by atoms with Gasteiger partial charge in [-0.1, -0.05) is 18.2 Å². The van der Waals surface area contributed by atoms with Crippen molar-refractivity contribution < 1.29 is 13.5 Å². The molecule has 0 aliphatic rings. The van der Waals surface area contributed by atoms with Crippen LogP contribution in [0.15, 0.2) is 36.4 Å². The van der Waals surface area contributed by atoms with E-state index in [-0.39, 0.29) is 11.4 Å². The molecule has 0 heterocycles. The van der Waals surface area contributed by atoms with E-state index in [4.69, 9.17) is 10.5 Å². The van der Waals surface area contributed by atoms with E-state index in [9.17, 15) is 8.78 Å². The highest BCUT2D eigenvalue weighted by Crippen LogP contribution is 2.32. The van der Waals surface area contributed by atoms with Crippen LogP contribution in [-0.4, -0.2) is 0 Å². The van der Waals surface area contributed by atoms with Crippen LogP contribution in [0.5, 0.6) is 11.5 Å². The summed E-state index contributed by atoms with van der Waals surface area (Å²) in [5.41, 5.74) is 6.43. The van der Waals surface area contributed by atoms with Gasteiger partial charge in [0.15, 0.2) is 11.6 Å². The van der Waals surface area contributed by atoms with Gasteiger partial charge < -0.3 is 10.5 Å². The number of ether oxygens (including phenoxy) is 1. The first-order valence-corrected chi connectivity index (χ1v) is 5.06. The lowest BCUT2D eigenvalue weighted by molar-refractivity contribution is 0.416. The first-order chi connectivity index (χ1) is 8.09. The Morgan fingerprint density at radius 2 is 1.76 bits per heavy atom. The molecule has 88 valence electrons. The van der Waals surface area contributed by atoms with Crippen molar-refractivity contribution in [3.63, 3.8) is 0 Å². The average molecular weight is 235 g/mol. The summed E-state index contributed by atoms with van der Waals surface area (Å²) in [5.74, 6) is -1.89. The summed E-state index contributed by atoms with van der Waals surface area (Å²) in [6, 6.07) is 9.28. The van der Waals surface area contributed by atoms with Crippen molar-refractivity contribution in [2.75, 3.05) is 5.73 Å². The molecule has 2 aromatic carbocycles. The fraction of sp³-hybridized carbons (Fsp3) is 0.0769. The first-order valence-electron chi connectivity index (χ1n) is 5.06. The molecule has 2 rings (SSSR count). The highest BCUT2D eigenvalue weighted by atomic mass is 19.2. The minimum Gasteiger partial charge on any atom is -0.452 e. The fourth-order valence-electron chi connectivity index (χ4n) is 1.43. The van der Waals surface area contributed by atoms with Gasteiger partial charge in [-0.3, -0.25) is 0 Å². The number of halogens is 2. The van der Waals surface area contributed by atoms with Crippen molar-refractivity contribution in [1.82, 2.24) is 0 Å². The molecule has 0 aromatic heterocycles. The summed E-state index contributed by atoms with van der Waals surface area (Å²) in [6.45, 7) is 1.81. The Balaban J connectivity index is 2.43. The number of anilines is 1. The number of nitrogens with two attached hydrogens (primary N) is 1. The minimum atomic E-state index is -1.08. The maximum absolute atomic E-state index is 13.5. The van der Waals surface area contributed by atoms with Gasteiger partial charge >= 0.3 is 0 Å². The van der Waals surface area contributed by atoms with Gasteiger partial charge in [-0.2, -0.15) is 4.39 Å². The van der Waals surface area contributed by atoms with Gasteiger partial charge in [0.2, 0.25) is 5.82 Å². The zero-order valence-corrected chi connectivity index (χ0v) is 9.21. The molecule has 0 atom stereocenters. The van der Waals surface area contributed by atoms with Crippen LogP contribution in [0, 0.1) is 18.6 Å². The van der Waals surface area contributed by atoms with Gasteiger partial charge in [0.25, 0.3) is 0 Å². The summed E-state index contributed by atoms with van der Waals surface area (Å²) in [6.07, 6.45) is 0. The van der Waals surface area contributed by atoms with Crippen LogP contribution in [0.3, 0.4) is 0 Å². The van der Waals surface area contributed by atoms with Crippen LogP contribution in [0.2, 0.25) is 0 Å². The summed E-state index contributed by atoms with van der Waals surface area (Å²) in [7, 11) is 0. The molecule has 17 heavy (non-hydrogen) atoms. The van der Waals surface area contributed by atoms with Crippen LogP contribution in [0.4, 0.5) is 14.5 Å². The molecule has 0 saturated heterocycles. The number of rotatable bonds is 2. The third kappa shape index (κ3) is 2.20. The van der Waals surface area contributed by atoms with Crippen LogP contribution in [0.25, 0.3) is 0 Å². The zero-order chi connectivity index (χ0) is 12.4. The van der Waals surface area contributed by atoms with E-state index in [2.05, 4.69) is 0 Å². The number of hydrogen-bond acceptors (Lipinski definition) is 2. The molecular formula is C13H11F2NO. The van der Waals surface area contributed by atoms with Crippen molar-refractivity contribution in [2.24, 2.45) is 0 Å². The van der Waals surface area contributed by atoms with Crippen molar-refractivity contribution in [2.45, 2.75) is 6.92 Å². The lowest BCUT2D eigenvalue weighted by Crippen LogP contribution is -1.98. The van der Waals surface area contributed by atoms with Crippen LogP contribution in [0.1, 0.15) is 5.56 Å². The van der Waals surface area contributed by atoms with E-state index >= 15 is 0 Å². The highest BCUT2D eigenvalue weighted by molar-refractivity contribution is 5.55. The predicted octanol–water partition coefficient (Wildman–Crippen LogP) is 3.65. The topological polar surface area (TPSA) is 35.2 Å². The van der Waals surface area contributed by atoms with Gasteiger partial charge in [-0.25, -0.2) is 4.39 Å². The summed E-state index contributed by atoms with van der Waals surface area (Å²) in [4.78, 5) is 0. The molecule has 2 N–H and O–H groups in total. The molecule has 4 heteroatoms. The van der Waals surface area contributed by atoms with Crippen molar-refractivity contribution in [1.29, 1.82) is 0 Å². The second-order valence-electron chi connectivity index (χ2n) is 3.65. The standard InChI is InChI=1S/C13H11F2NO/c1-8-4-2-3-5-11(8)17-13-10(16)7-6-9(14)12(13)15/h2-7H,16H2,1H3. The maximum Gasteiger partial charge on any atom is 0.203 e. The lowest BCUT2D eigenvalue weighted by atomic mass is 10.2. The van der Waals surface area contributed by atoms with E-state index in [1.807, 2.05) is 19.1 Å². The van der Waals surface area contributed by atoms with Crippen molar-refractivity contribution >= 4 is 5.69 Å². The molecular weight excluding hydrogens is 224 g/mol. The van der Waals surface area contributed by atoms with Gasteiger partial charge in [0.05, 0.1) is 5.69 Å². The molecule has 2 nitrogen and oxygen atoms in total. The largest absolute Gasteiger partial charge is 0.452 e. The molecule has 0 unspecified atom stereocenters. The van der Waals surface area contributed by atoms with Gasteiger partial charge in [-0.15, -0.1) is 0 Å². The van der Waals surface area contributed by atoms with E-state index in [0.717, 1.165) is 11.6 Å². The Bertz CT molecular complexity index is 555. The first kappa shape index (κ1) is 11.4. The normalized spacial score (nSPS) is 10.3. The second-order valence-corrected chi connectivity index (χ2v) is 3.65. The van der Waals surface area contributed by atoms with Crippen LogP contribution >= 0.6 is 0 Å². The van der Waals surface area contributed by atoms with E-state index in [1.165, 1.54) is 6.07 Å². The van der Waals surface area contributed by atoms with E-state index < -0.39 is 11.6 Å². The number of aryl methyl sites for hydroxylation is 1. The van der Waals surface area contributed by atoms with Crippen molar-refractivity contribution in [3.8, 4) is 11.5 Å². The second kappa shape index (κ2) is 4.41. The van der Waals surface area contributed by atoms with Crippen molar-refractivity contribution in [3.05, 3.63) is 53.6 Å². The fourth-order valence-corrected chi connectivity index (χ4v) is 1.43. The molecule has 0 saturated carbocycles. The van der Waals surface area contributed by atoms with Gasteiger partial charge in [0.1, 0.15) is 5.75 Å². The predicted molar refractivity (Wildman–Crippen MR) is 62.0 cm³/mol. The van der Waals surface area contributed by atoms with Crippen LogP contribution in [-0.2, 0) is 0 Å². The Morgan fingerprint density at radius 3 is 2.47 bits per heavy atom. The Morgan fingerprint density at radius 1 is 1.06 bits per heavy atom. The molecule has 0 radical (unpaired) electrons. The Labute approximate surface area is 97.6 Å². The molecule has 0 amide bonds. The van der Waals surface area contributed by atoms with Gasteiger partial charge in [-0.05, 0) is 30.7 Å². The van der Waals surface area contributed by atoms with Crippen LogP contribution < -0.4 is 10.5 Å². The smallest absolute Gasteiger partial charge is 0.203 e. The zero-order valence-electron chi connectivity index (χ0n) is 9.21. The maximum atomic E-state index is 13.5. The lowest BCUT2D eigenvalue weighted by Gasteiger charge is -2.11. The average Bonchev–Trinajstić information content (AvgIpc) is 2.32. The molecule has 0 fully saturated rings. The van der Waals surface area contributed by atoms with E-state index in [1.54, 1.807) is 12.1 Å². The number of para-hydroxylation sites is 1. The quantitative estimate of drug-likeness (QED) is 0.806. The molecule has 0 aliphatic carbocycles. The Kier molecular flexibility index (Phi) is 2.95. The molecule has 2 aromatic rings. The minimum absolute atomic E-state index is 0.0622. The summed E-state index contributed by atoms with van der Waals surface area (Å²) < 4.78 is 31.9. The highest BCUT2D eigenvalue weighted by Gasteiger charge is 2.14. The summed E-state index contributed by atoms with van der Waals surface area (Å²) in [5, 5.41) is 0. The number of benzene rings is 2. The van der Waals surface area contributed by atoms with Gasteiger partial charge in [0, 0.05) is 0 Å². The third-order valence-corrected chi connectivity index (χ3v) is 2.39. The summed E-state index contributed by atoms with van der Waals surface area (Å²) >= 11 is 0. The third-order valence-electron chi connectivity index (χ3n) is 2.39. The molecule has 0 aliphatic heterocycles. The number of nitrogen functional groups attached to an aromatic ring is 1. The SMILES string of the molecule is Cc1ccccc1Oc1c(N)ccc(F)c1F. The molecule has 0 bridgehead atoms. The van der Waals surface area contributed by atoms with E-state index in [0.29, 0.717) is 5.75 Å². The monoisotopic (exact) mass is 235 g/mol. The number of hydrogen-bond donors (Lipinski definition) is 1.